The van der Waals surface area contributed by atoms with Gasteiger partial charge in [-0.25, -0.2) is 9.78 Å². The van der Waals surface area contributed by atoms with E-state index in [1.54, 1.807) is 0 Å². The molecule has 19 heavy (non-hydrogen) atoms. The zero-order valence-corrected chi connectivity index (χ0v) is 10.9. The van der Waals surface area contributed by atoms with Crippen LogP contribution >= 0.6 is 0 Å². The van der Waals surface area contributed by atoms with E-state index < -0.39 is 5.97 Å². The molecule has 1 aliphatic heterocycles. The van der Waals surface area contributed by atoms with Crippen LogP contribution in [0, 0.1) is 5.92 Å². The predicted octanol–water partition coefficient (Wildman–Crippen LogP) is 0.959. The molecular formula is C13H19N3O3. The van der Waals surface area contributed by atoms with E-state index in [4.69, 9.17) is 10.8 Å². The SMILES string of the molecule is CC(O)C1CCN(c2cc(C(=O)O)c(N)cn2)CC1. The molecule has 4 N–H and O–H groups in total. The largest absolute Gasteiger partial charge is 0.478 e. The number of pyridine rings is 1. The Bertz CT molecular complexity index is 468. The highest BCUT2D eigenvalue weighted by atomic mass is 16.4. The molecule has 0 spiro atoms. The van der Waals surface area contributed by atoms with Gasteiger partial charge in [0, 0.05) is 13.1 Å². The van der Waals surface area contributed by atoms with Crippen LogP contribution in [0.5, 0.6) is 0 Å². The van der Waals surface area contributed by atoms with Crippen molar-refractivity contribution in [1.82, 2.24) is 4.98 Å². The van der Waals surface area contributed by atoms with Crippen LogP contribution in [0.3, 0.4) is 0 Å². The number of aromatic nitrogens is 1. The van der Waals surface area contributed by atoms with E-state index in [1.165, 1.54) is 12.3 Å². The molecule has 0 aromatic carbocycles. The minimum absolute atomic E-state index is 0.0858. The van der Waals surface area contributed by atoms with Gasteiger partial charge in [0.15, 0.2) is 0 Å². The fourth-order valence-electron chi connectivity index (χ4n) is 2.42. The van der Waals surface area contributed by atoms with Gasteiger partial charge >= 0.3 is 5.97 Å². The highest BCUT2D eigenvalue weighted by Gasteiger charge is 2.24. The highest BCUT2D eigenvalue weighted by Crippen LogP contribution is 2.25. The maximum Gasteiger partial charge on any atom is 0.337 e. The number of carbonyl (C=O) groups is 1. The standard InChI is InChI=1S/C13H19N3O3/c1-8(17)9-2-4-16(5-3-9)12-6-10(13(18)19)11(14)7-15-12/h6-9,17H,2-5,14H2,1H3,(H,18,19). The Morgan fingerprint density at radius 2 is 2.16 bits per heavy atom. The molecule has 0 bridgehead atoms. The van der Waals surface area contributed by atoms with E-state index in [9.17, 15) is 9.90 Å². The van der Waals surface area contributed by atoms with Gasteiger partial charge in [0.2, 0.25) is 0 Å². The first-order chi connectivity index (χ1) is 8.99. The molecule has 6 nitrogen and oxygen atoms in total. The first-order valence-electron chi connectivity index (χ1n) is 6.41. The van der Waals surface area contributed by atoms with Gasteiger partial charge in [0.05, 0.1) is 23.6 Å². The predicted molar refractivity (Wildman–Crippen MR) is 72.2 cm³/mol. The molecule has 2 rings (SSSR count). The zero-order valence-electron chi connectivity index (χ0n) is 10.9. The van der Waals surface area contributed by atoms with Crippen LogP contribution in [0.1, 0.15) is 30.1 Å². The van der Waals surface area contributed by atoms with Gasteiger partial charge in [-0.3, -0.25) is 0 Å². The number of aliphatic hydroxyl groups is 1. The Kier molecular flexibility index (Phi) is 3.90. The summed E-state index contributed by atoms with van der Waals surface area (Å²) in [6, 6.07) is 1.51. The average Bonchev–Trinajstić information content (AvgIpc) is 2.39. The summed E-state index contributed by atoms with van der Waals surface area (Å²) in [5.74, 6) is -0.0976. The number of hydrogen-bond donors (Lipinski definition) is 3. The van der Waals surface area contributed by atoms with Gasteiger partial charge in [0.25, 0.3) is 0 Å². The minimum Gasteiger partial charge on any atom is -0.478 e. The van der Waals surface area contributed by atoms with Crippen LogP contribution in [0.2, 0.25) is 0 Å². The third-order valence-corrected chi connectivity index (χ3v) is 3.70. The van der Waals surface area contributed by atoms with E-state index >= 15 is 0 Å². The van der Waals surface area contributed by atoms with Crippen molar-refractivity contribution >= 4 is 17.5 Å². The van der Waals surface area contributed by atoms with Crippen molar-refractivity contribution in [2.45, 2.75) is 25.9 Å². The summed E-state index contributed by atoms with van der Waals surface area (Å²) in [4.78, 5) is 17.3. The van der Waals surface area contributed by atoms with Crippen molar-refractivity contribution in [2.75, 3.05) is 23.7 Å². The Balaban J connectivity index is 2.12. The summed E-state index contributed by atoms with van der Waals surface area (Å²) in [6.45, 7) is 3.35. The van der Waals surface area contributed by atoms with Crippen molar-refractivity contribution in [2.24, 2.45) is 5.92 Å². The number of aromatic carboxylic acids is 1. The van der Waals surface area contributed by atoms with Crippen LogP contribution in [0.4, 0.5) is 11.5 Å². The molecular weight excluding hydrogens is 246 g/mol. The summed E-state index contributed by atoms with van der Waals surface area (Å²) in [5.41, 5.74) is 5.85. The van der Waals surface area contributed by atoms with Crippen LogP contribution in [-0.4, -0.2) is 40.4 Å². The molecule has 6 heteroatoms. The molecule has 1 aliphatic rings. The quantitative estimate of drug-likeness (QED) is 0.752. The smallest absolute Gasteiger partial charge is 0.337 e. The fourth-order valence-corrected chi connectivity index (χ4v) is 2.42. The monoisotopic (exact) mass is 265 g/mol. The van der Waals surface area contributed by atoms with E-state index in [0.717, 1.165) is 25.9 Å². The molecule has 1 fully saturated rings. The van der Waals surface area contributed by atoms with E-state index in [-0.39, 0.29) is 17.4 Å². The van der Waals surface area contributed by atoms with Gasteiger partial charge in [-0.1, -0.05) is 0 Å². The van der Waals surface area contributed by atoms with Gasteiger partial charge < -0.3 is 20.8 Å². The summed E-state index contributed by atoms with van der Waals surface area (Å²) in [5, 5.41) is 18.6. The van der Waals surface area contributed by atoms with Crippen LogP contribution in [-0.2, 0) is 0 Å². The number of nitrogen functional groups attached to an aromatic ring is 1. The fraction of sp³-hybridized carbons (Fsp3) is 0.538. The number of nitrogens with zero attached hydrogens (tertiary/aromatic N) is 2. The Morgan fingerprint density at radius 3 is 2.68 bits per heavy atom. The molecule has 0 amide bonds. The minimum atomic E-state index is -1.04. The van der Waals surface area contributed by atoms with Gasteiger partial charge in [-0.05, 0) is 31.7 Å². The third-order valence-electron chi connectivity index (χ3n) is 3.70. The maximum absolute atomic E-state index is 11.0. The van der Waals surface area contributed by atoms with E-state index in [0.29, 0.717) is 11.7 Å². The van der Waals surface area contributed by atoms with Crippen LogP contribution < -0.4 is 10.6 Å². The van der Waals surface area contributed by atoms with Gasteiger partial charge in [-0.2, -0.15) is 0 Å². The summed E-state index contributed by atoms with van der Waals surface area (Å²) in [7, 11) is 0. The molecule has 1 atom stereocenters. The zero-order chi connectivity index (χ0) is 14.0. The number of piperidine rings is 1. The number of hydrogen-bond acceptors (Lipinski definition) is 5. The van der Waals surface area contributed by atoms with Crippen molar-refractivity contribution in [3.05, 3.63) is 17.8 Å². The van der Waals surface area contributed by atoms with E-state index in [1.807, 2.05) is 11.8 Å². The molecule has 1 unspecified atom stereocenters. The molecule has 1 saturated heterocycles. The second-order valence-corrected chi connectivity index (χ2v) is 5.00. The summed E-state index contributed by atoms with van der Waals surface area (Å²) < 4.78 is 0. The van der Waals surface area contributed by atoms with Crippen LogP contribution in [0.15, 0.2) is 12.3 Å². The molecule has 104 valence electrons. The first kappa shape index (κ1) is 13.6. The van der Waals surface area contributed by atoms with Crippen molar-refractivity contribution in [3.63, 3.8) is 0 Å². The number of carboxylic acids is 1. The lowest BCUT2D eigenvalue weighted by Crippen LogP contribution is -2.37. The molecule has 0 aliphatic carbocycles. The summed E-state index contributed by atoms with van der Waals surface area (Å²) >= 11 is 0. The molecule has 0 saturated carbocycles. The number of nitrogens with two attached hydrogens (primary N) is 1. The number of carboxylic acid groups (broad SMARTS) is 1. The lowest BCUT2D eigenvalue weighted by Gasteiger charge is -2.34. The molecule has 0 radical (unpaired) electrons. The van der Waals surface area contributed by atoms with Crippen molar-refractivity contribution < 1.29 is 15.0 Å². The number of aliphatic hydroxyl groups excluding tert-OH is 1. The Labute approximate surface area is 111 Å². The first-order valence-corrected chi connectivity index (χ1v) is 6.41. The van der Waals surface area contributed by atoms with Crippen molar-refractivity contribution in [3.8, 4) is 0 Å². The number of rotatable bonds is 3. The molecule has 1 aromatic rings. The van der Waals surface area contributed by atoms with Crippen molar-refractivity contribution in [1.29, 1.82) is 0 Å². The number of anilines is 2. The maximum atomic E-state index is 11.0. The Morgan fingerprint density at radius 1 is 1.53 bits per heavy atom. The average molecular weight is 265 g/mol. The molecule has 1 aromatic heterocycles. The lowest BCUT2D eigenvalue weighted by atomic mass is 9.92. The topological polar surface area (TPSA) is 99.7 Å². The van der Waals surface area contributed by atoms with Gasteiger partial charge in [-0.15, -0.1) is 0 Å². The Hall–Kier alpha value is -1.82. The van der Waals surface area contributed by atoms with Gasteiger partial charge in [0.1, 0.15) is 5.82 Å². The van der Waals surface area contributed by atoms with Crippen LogP contribution in [0.25, 0.3) is 0 Å². The normalized spacial score (nSPS) is 18.3. The second kappa shape index (κ2) is 5.44. The molecule has 2 heterocycles. The second-order valence-electron chi connectivity index (χ2n) is 5.00. The van der Waals surface area contributed by atoms with E-state index in [2.05, 4.69) is 4.98 Å². The summed E-state index contributed by atoms with van der Waals surface area (Å²) in [6.07, 6.45) is 2.86. The lowest BCUT2D eigenvalue weighted by molar-refractivity contribution is 0.0698. The third kappa shape index (κ3) is 2.96. The highest BCUT2D eigenvalue weighted by molar-refractivity contribution is 5.94.